The summed E-state index contributed by atoms with van der Waals surface area (Å²) in [6.07, 6.45) is 1.33. The number of rotatable bonds is 6. The number of nitrogens with one attached hydrogen (secondary N) is 2. The van der Waals surface area contributed by atoms with Crippen LogP contribution in [-0.2, 0) is 9.59 Å². The molecular weight excluding hydrogens is 278 g/mol. The van der Waals surface area contributed by atoms with E-state index in [2.05, 4.69) is 10.6 Å². The molecule has 0 radical (unpaired) electrons. The van der Waals surface area contributed by atoms with Crippen molar-refractivity contribution in [3.63, 3.8) is 0 Å². The molecule has 0 bridgehead atoms. The third-order valence-electron chi connectivity index (χ3n) is 2.67. The highest BCUT2D eigenvalue weighted by atomic mass is 35.5. The van der Waals surface area contributed by atoms with Crippen LogP contribution in [0.5, 0.6) is 0 Å². The summed E-state index contributed by atoms with van der Waals surface area (Å²) >= 11 is 6.02. The summed E-state index contributed by atoms with van der Waals surface area (Å²) in [5.41, 5.74) is 6.69. The van der Waals surface area contributed by atoms with Crippen molar-refractivity contribution in [3.8, 4) is 0 Å². The Morgan fingerprint density at radius 1 is 1.30 bits per heavy atom. The van der Waals surface area contributed by atoms with Gasteiger partial charge in [0.25, 0.3) is 0 Å². The van der Waals surface area contributed by atoms with E-state index in [1.54, 1.807) is 25.1 Å². The van der Waals surface area contributed by atoms with Gasteiger partial charge in [0.05, 0.1) is 10.7 Å². The van der Waals surface area contributed by atoms with E-state index in [1.807, 2.05) is 6.92 Å². The van der Waals surface area contributed by atoms with Crippen molar-refractivity contribution in [2.45, 2.75) is 39.2 Å². The minimum atomic E-state index is -0.150. The Kier molecular flexibility index (Phi) is 6.48. The van der Waals surface area contributed by atoms with Crippen molar-refractivity contribution < 1.29 is 9.59 Å². The molecular formula is C14H20ClN3O2. The molecule has 0 aliphatic carbocycles. The Hall–Kier alpha value is -1.59. The molecule has 4 N–H and O–H groups in total. The van der Waals surface area contributed by atoms with Crippen molar-refractivity contribution in [1.29, 1.82) is 0 Å². The summed E-state index contributed by atoms with van der Waals surface area (Å²) in [5, 5.41) is 5.86. The molecule has 20 heavy (non-hydrogen) atoms. The normalized spacial score (nSPS) is 11.8. The first kappa shape index (κ1) is 16.5. The predicted octanol–water partition coefficient (Wildman–Crippen LogP) is 2.75. The summed E-state index contributed by atoms with van der Waals surface area (Å²) < 4.78 is 0. The average molecular weight is 298 g/mol. The molecule has 6 heteroatoms. The van der Waals surface area contributed by atoms with E-state index in [-0.39, 0.29) is 17.9 Å². The van der Waals surface area contributed by atoms with E-state index in [4.69, 9.17) is 17.3 Å². The van der Waals surface area contributed by atoms with E-state index in [0.717, 1.165) is 0 Å². The monoisotopic (exact) mass is 297 g/mol. The molecule has 5 nitrogen and oxygen atoms in total. The highest BCUT2D eigenvalue weighted by Crippen LogP contribution is 2.25. The lowest BCUT2D eigenvalue weighted by Gasteiger charge is -2.11. The highest BCUT2D eigenvalue weighted by Gasteiger charge is 2.09. The van der Waals surface area contributed by atoms with Gasteiger partial charge in [-0.1, -0.05) is 18.5 Å². The van der Waals surface area contributed by atoms with Gasteiger partial charge < -0.3 is 16.4 Å². The van der Waals surface area contributed by atoms with Gasteiger partial charge >= 0.3 is 0 Å². The number of carbonyl (C=O) groups excluding carboxylic acids is 2. The number of anilines is 2. The Morgan fingerprint density at radius 3 is 2.60 bits per heavy atom. The largest absolute Gasteiger partial charge is 0.328 e. The molecule has 1 aromatic rings. The molecule has 1 rings (SSSR count). The summed E-state index contributed by atoms with van der Waals surface area (Å²) in [5.74, 6) is -0.246. The third kappa shape index (κ3) is 5.59. The number of nitrogens with two attached hydrogens (primary N) is 1. The average Bonchev–Trinajstić information content (AvgIpc) is 2.40. The second-order valence-corrected chi connectivity index (χ2v) is 5.07. The third-order valence-corrected chi connectivity index (χ3v) is 3.00. The van der Waals surface area contributed by atoms with Crippen molar-refractivity contribution in [3.05, 3.63) is 23.2 Å². The van der Waals surface area contributed by atoms with Gasteiger partial charge in [-0.05, 0) is 31.5 Å². The topological polar surface area (TPSA) is 84.2 Å². The molecule has 0 saturated carbocycles. The van der Waals surface area contributed by atoms with Crippen molar-refractivity contribution in [2.75, 3.05) is 10.6 Å². The minimum Gasteiger partial charge on any atom is -0.328 e. The Bertz CT molecular complexity index is 489. The fraction of sp³-hybridized carbons (Fsp3) is 0.429. The molecule has 0 spiro atoms. The number of hydrogen-bond acceptors (Lipinski definition) is 3. The van der Waals surface area contributed by atoms with Gasteiger partial charge in [-0.2, -0.15) is 0 Å². The van der Waals surface area contributed by atoms with Crippen LogP contribution in [0.15, 0.2) is 18.2 Å². The van der Waals surface area contributed by atoms with Crippen molar-refractivity contribution >= 4 is 34.8 Å². The number of halogens is 1. The van der Waals surface area contributed by atoms with Crippen LogP contribution < -0.4 is 16.4 Å². The second-order valence-electron chi connectivity index (χ2n) is 4.66. The molecule has 0 heterocycles. The first-order valence-electron chi connectivity index (χ1n) is 6.57. The molecule has 0 fully saturated rings. The van der Waals surface area contributed by atoms with Gasteiger partial charge in [-0.25, -0.2) is 0 Å². The number of carbonyl (C=O) groups is 2. The maximum absolute atomic E-state index is 11.7. The summed E-state index contributed by atoms with van der Waals surface area (Å²) in [7, 11) is 0. The maximum Gasteiger partial charge on any atom is 0.224 e. The molecule has 1 unspecified atom stereocenters. The standard InChI is InChI=1S/C14H20ClN3O2/c1-3-13(19)17-10-5-6-11(15)12(8-10)18-14(20)7-4-9(2)16/h5-6,8-9H,3-4,7,16H2,1-2H3,(H,17,19)(H,18,20). The van der Waals surface area contributed by atoms with Gasteiger partial charge in [-0.15, -0.1) is 0 Å². The number of amides is 2. The molecule has 2 amide bonds. The lowest BCUT2D eigenvalue weighted by molar-refractivity contribution is -0.116. The number of benzene rings is 1. The van der Waals surface area contributed by atoms with E-state index < -0.39 is 0 Å². The van der Waals surface area contributed by atoms with E-state index in [0.29, 0.717) is 35.7 Å². The minimum absolute atomic E-state index is 0.0219. The van der Waals surface area contributed by atoms with Crippen LogP contribution in [0.3, 0.4) is 0 Å². The zero-order chi connectivity index (χ0) is 15.1. The molecule has 0 aliphatic rings. The highest BCUT2D eigenvalue weighted by molar-refractivity contribution is 6.33. The molecule has 0 saturated heterocycles. The van der Waals surface area contributed by atoms with E-state index >= 15 is 0 Å². The smallest absolute Gasteiger partial charge is 0.224 e. The summed E-state index contributed by atoms with van der Waals surface area (Å²) in [4.78, 5) is 23.1. The van der Waals surface area contributed by atoms with Crippen LogP contribution in [0.25, 0.3) is 0 Å². The van der Waals surface area contributed by atoms with Crippen LogP contribution in [0.2, 0.25) is 5.02 Å². The van der Waals surface area contributed by atoms with Gasteiger partial charge in [0.1, 0.15) is 0 Å². The molecule has 0 aliphatic heterocycles. The van der Waals surface area contributed by atoms with Gasteiger partial charge in [0.15, 0.2) is 0 Å². The van der Waals surface area contributed by atoms with E-state index in [9.17, 15) is 9.59 Å². The van der Waals surface area contributed by atoms with Crippen LogP contribution in [0, 0.1) is 0 Å². The predicted molar refractivity (Wildman–Crippen MR) is 81.9 cm³/mol. The fourth-order valence-corrected chi connectivity index (χ4v) is 1.68. The zero-order valence-corrected chi connectivity index (χ0v) is 12.5. The Morgan fingerprint density at radius 2 is 2.00 bits per heavy atom. The quantitative estimate of drug-likeness (QED) is 0.755. The lowest BCUT2D eigenvalue weighted by atomic mass is 10.2. The summed E-state index contributed by atoms with van der Waals surface area (Å²) in [6, 6.07) is 4.94. The van der Waals surface area contributed by atoms with Crippen LogP contribution in [0.4, 0.5) is 11.4 Å². The fourth-order valence-electron chi connectivity index (χ4n) is 1.52. The first-order valence-corrected chi connectivity index (χ1v) is 6.95. The van der Waals surface area contributed by atoms with Crippen molar-refractivity contribution in [2.24, 2.45) is 5.73 Å². The number of hydrogen-bond donors (Lipinski definition) is 3. The molecule has 110 valence electrons. The first-order chi connectivity index (χ1) is 9.42. The van der Waals surface area contributed by atoms with E-state index in [1.165, 1.54) is 0 Å². The second kappa shape index (κ2) is 7.87. The Balaban J connectivity index is 2.71. The van der Waals surface area contributed by atoms with Gasteiger partial charge in [0, 0.05) is 24.6 Å². The van der Waals surface area contributed by atoms with Gasteiger partial charge in [-0.3, -0.25) is 9.59 Å². The van der Waals surface area contributed by atoms with Crippen LogP contribution in [0.1, 0.15) is 33.1 Å². The van der Waals surface area contributed by atoms with Gasteiger partial charge in [0.2, 0.25) is 11.8 Å². The molecule has 0 aromatic heterocycles. The van der Waals surface area contributed by atoms with Crippen LogP contribution >= 0.6 is 11.6 Å². The van der Waals surface area contributed by atoms with Crippen LogP contribution in [-0.4, -0.2) is 17.9 Å². The van der Waals surface area contributed by atoms with Crippen molar-refractivity contribution in [1.82, 2.24) is 0 Å². The zero-order valence-electron chi connectivity index (χ0n) is 11.7. The molecule has 1 aromatic carbocycles. The summed E-state index contributed by atoms with van der Waals surface area (Å²) in [6.45, 7) is 3.61. The maximum atomic E-state index is 11.7. The Labute approximate surface area is 123 Å². The molecule has 1 atom stereocenters. The SMILES string of the molecule is CCC(=O)Nc1ccc(Cl)c(NC(=O)CCC(C)N)c1. The lowest BCUT2D eigenvalue weighted by Crippen LogP contribution is -2.19.